The van der Waals surface area contributed by atoms with E-state index < -0.39 is 0 Å². The van der Waals surface area contributed by atoms with E-state index in [2.05, 4.69) is 22.7 Å². The third-order valence-corrected chi connectivity index (χ3v) is 1.12. The quantitative estimate of drug-likeness (QED) is 0.448. The number of ketones is 1. The Hall–Kier alpha value is -0.770. The largest absolute Gasteiger partial charge is 0.302 e. The van der Waals surface area contributed by atoms with Gasteiger partial charge in [-0.15, -0.1) is 0 Å². The lowest BCUT2D eigenvalue weighted by atomic mass is 10.3. The highest BCUT2D eigenvalue weighted by molar-refractivity contribution is 7.83. The van der Waals surface area contributed by atoms with Crippen LogP contribution in [0.25, 0.3) is 0 Å². The van der Waals surface area contributed by atoms with E-state index in [1.54, 1.807) is 0 Å². The van der Waals surface area contributed by atoms with Gasteiger partial charge in [0.2, 0.25) is 0 Å². The molecule has 0 radical (unpaired) electrons. The topological polar surface area (TPSA) is 41.5 Å². The number of thiocarbonyl (C=S) groups is 1. The van der Waals surface area contributed by atoms with E-state index in [4.69, 9.17) is 0 Å². The summed E-state index contributed by atoms with van der Waals surface area (Å²) >= 11 is 4.59. The van der Waals surface area contributed by atoms with Crippen molar-refractivity contribution >= 4 is 29.1 Å². The molecule has 1 rings (SSSR count). The number of hydrazone groups is 1. The smallest absolute Gasteiger partial charge is 0.195 e. The first-order chi connectivity index (χ1) is 3.80. The van der Waals surface area contributed by atoms with Crippen LogP contribution >= 0.6 is 12.2 Å². The predicted molar refractivity (Wildman–Crippen MR) is 34.1 cm³/mol. The summed E-state index contributed by atoms with van der Waals surface area (Å²) in [4.78, 5) is 10.8. The summed E-state index contributed by atoms with van der Waals surface area (Å²) in [5, 5.41) is 3.57. The minimum atomic E-state index is -0.0602. The van der Waals surface area contributed by atoms with Crippen LogP contribution in [0, 0.1) is 0 Å². The SMILES string of the molecule is O=C1CNN=CC1=S. The summed E-state index contributed by atoms with van der Waals surface area (Å²) in [5.74, 6) is -0.0602. The fraction of sp³-hybridized carbons (Fsp3) is 0.250. The van der Waals surface area contributed by atoms with E-state index in [1.165, 1.54) is 6.21 Å². The number of rotatable bonds is 0. The van der Waals surface area contributed by atoms with Gasteiger partial charge < -0.3 is 5.43 Å². The summed E-state index contributed by atoms with van der Waals surface area (Å²) in [6, 6.07) is 0. The average molecular weight is 128 g/mol. The maximum Gasteiger partial charge on any atom is 0.195 e. The molecular weight excluding hydrogens is 124 g/mol. The maximum absolute atomic E-state index is 10.5. The van der Waals surface area contributed by atoms with Crippen LogP contribution in [0.1, 0.15) is 0 Å². The average Bonchev–Trinajstić information content (AvgIpc) is 1.77. The highest BCUT2D eigenvalue weighted by Gasteiger charge is 2.08. The van der Waals surface area contributed by atoms with Crippen molar-refractivity contribution in [1.82, 2.24) is 5.43 Å². The molecule has 0 aliphatic carbocycles. The van der Waals surface area contributed by atoms with Crippen LogP contribution in [-0.2, 0) is 4.79 Å². The number of hydrogen-bond acceptors (Lipinski definition) is 4. The Balaban J connectivity index is 2.75. The maximum atomic E-state index is 10.5. The lowest BCUT2D eigenvalue weighted by Crippen LogP contribution is -2.30. The molecule has 0 bridgehead atoms. The fourth-order valence-electron chi connectivity index (χ4n) is 0.381. The molecule has 42 valence electrons. The molecule has 0 fully saturated rings. The molecule has 0 saturated heterocycles. The first-order valence-corrected chi connectivity index (χ1v) is 2.54. The van der Waals surface area contributed by atoms with Gasteiger partial charge in [-0.05, 0) is 0 Å². The van der Waals surface area contributed by atoms with E-state index in [0.29, 0.717) is 4.86 Å². The molecular formula is C4H4N2OS. The fourth-order valence-corrected chi connectivity index (χ4v) is 0.506. The molecule has 0 saturated carbocycles. The number of carbonyl (C=O) groups is 1. The zero-order chi connectivity index (χ0) is 5.98. The molecule has 1 aliphatic heterocycles. The van der Waals surface area contributed by atoms with Crippen LogP contribution in [0.5, 0.6) is 0 Å². The van der Waals surface area contributed by atoms with Gasteiger partial charge in [0, 0.05) is 0 Å². The van der Waals surface area contributed by atoms with Gasteiger partial charge in [-0.25, -0.2) is 0 Å². The first kappa shape index (κ1) is 5.37. The zero-order valence-corrected chi connectivity index (χ0v) is 4.86. The summed E-state index contributed by atoms with van der Waals surface area (Å²) in [6.07, 6.45) is 1.35. The van der Waals surface area contributed by atoms with Crippen molar-refractivity contribution in [1.29, 1.82) is 0 Å². The second kappa shape index (κ2) is 2.00. The van der Waals surface area contributed by atoms with Crippen LogP contribution < -0.4 is 5.43 Å². The van der Waals surface area contributed by atoms with E-state index in [-0.39, 0.29) is 12.3 Å². The summed E-state index contributed by atoms with van der Waals surface area (Å²) in [7, 11) is 0. The Morgan fingerprint density at radius 3 is 3.00 bits per heavy atom. The Labute approximate surface area is 51.8 Å². The van der Waals surface area contributed by atoms with E-state index in [1.807, 2.05) is 0 Å². The van der Waals surface area contributed by atoms with E-state index >= 15 is 0 Å². The standard InChI is InChI=1S/C4H4N2OS/c7-3-1-5-6-2-4(3)8/h2,5H,1H2. The molecule has 0 unspecified atom stereocenters. The Kier molecular flexibility index (Phi) is 1.34. The van der Waals surface area contributed by atoms with Crippen molar-refractivity contribution in [2.75, 3.05) is 6.54 Å². The van der Waals surface area contributed by atoms with Crippen molar-refractivity contribution in [3.05, 3.63) is 0 Å². The molecule has 0 amide bonds. The Morgan fingerprint density at radius 2 is 2.62 bits per heavy atom. The van der Waals surface area contributed by atoms with E-state index in [9.17, 15) is 4.79 Å². The minimum Gasteiger partial charge on any atom is -0.302 e. The summed E-state index contributed by atoms with van der Waals surface area (Å²) in [6.45, 7) is 0.245. The van der Waals surface area contributed by atoms with E-state index in [0.717, 1.165) is 0 Å². The first-order valence-electron chi connectivity index (χ1n) is 2.14. The second-order valence-corrected chi connectivity index (χ2v) is 1.82. The second-order valence-electron chi connectivity index (χ2n) is 1.38. The van der Waals surface area contributed by atoms with Gasteiger partial charge in [0.25, 0.3) is 0 Å². The van der Waals surface area contributed by atoms with Crippen LogP contribution in [-0.4, -0.2) is 23.4 Å². The van der Waals surface area contributed by atoms with Gasteiger partial charge >= 0.3 is 0 Å². The Morgan fingerprint density at radius 1 is 1.88 bits per heavy atom. The van der Waals surface area contributed by atoms with Gasteiger partial charge in [-0.3, -0.25) is 4.79 Å². The monoisotopic (exact) mass is 128 g/mol. The molecule has 0 aromatic carbocycles. The Bertz CT molecular complexity index is 163. The molecule has 1 heterocycles. The molecule has 0 aromatic rings. The van der Waals surface area contributed by atoms with Crippen molar-refractivity contribution in [2.24, 2.45) is 5.10 Å². The van der Waals surface area contributed by atoms with Crippen molar-refractivity contribution in [3.8, 4) is 0 Å². The van der Waals surface area contributed by atoms with Gasteiger partial charge in [-0.1, -0.05) is 12.2 Å². The van der Waals surface area contributed by atoms with Gasteiger partial charge in [0.15, 0.2) is 5.78 Å². The highest BCUT2D eigenvalue weighted by Crippen LogP contribution is 1.81. The number of hydrogen-bond donors (Lipinski definition) is 1. The molecule has 3 nitrogen and oxygen atoms in total. The minimum absolute atomic E-state index is 0.0602. The lowest BCUT2D eigenvalue weighted by Gasteiger charge is -2.02. The zero-order valence-electron chi connectivity index (χ0n) is 4.05. The third kappa shape index (κ3) is 0.894. The molecule has 8 heavy (non-hydrogen) atoms. The summed E-state index contributed by atoms with van der Waals surface area (Å²) in [5.41, 5.74) is 2.50. The predicted octanol–water partition coefficient (Wildman–Crippen LogP) is -0.486. The lowest BCUT2D eigenvalue weighted by molar-refractivity contribution is -0.112. The van der Waals surface area contributed by atoms with Crippen LogP contribution in [0.15, 0.2) is 5.10 Å². The number of carbonyl (C=O) groups excluding carboxylic acids is 1. The number of nitrogens with zero attached hydrogens (tertiary/aromatic N) is 1. The molecule has 0 atom stereocenters. The highest BCUT2D eigenvalue weighted by atomic mass is 32.1. The van der Waals surface area contributed by atoms with Crippen molar-refractivity contribution < 1.29 is 4.79 Å². The molecule has 4 heteroatoms. The van der Waals surface area contributed by atoms with Crippen LogP contribution in [0.4, 0.5) is 0 Å². The van der Waals surface area contributed by atoms with Gasteiger partial charge in [0.1, 0.15) is 4.86 Å². The summed E-state index contributed by atoms with van der Waals surface area (Å²) < 4.78 is 0. The number of Topliss-reactive ketones (excluding diaryl/α,β-unsaturated/α-hetero) is 1. The van der Waals surface area contributed by atoms with Crippen LogP contribution in [0.3, 0.4) is 0 Å². The third-order valence-electron chi connectivity index (χ3n) is 0.788. The molecule has 0 aromatic heterocycles. The van der Waals surface area contributed by atoms with Gasteiger partial charge in [-0.2, -0.15) is 5.10 Å². The molecule has 1 aliphatic rings. The normalized spacial score (nSPS) is 18.5. The molecule has 0 spiro atoms. The van der Waals surface area contributed by atoms with Gasteiger partial charge in [0.05, 0.1) is 12.8 Å². The molecule has 1 N–H and O–H groups in total. The van der Waals surface area contributed by atoms with Crippen LogP contribution in [0.2, 0.25) is 0 Å². The van der Waals surface area contributed by atoms with Crippen molar-refractivity contribution in [2.45, 2.75) is 0 Å². The van der Waals surface area contributed by atoms with Crippen molar-refractivity contribution in [3.63, 3.8) is 0 Å². The number of nitrogens with one attached hydrogen (secondary N) is 1.